The average molecular weight is 167 g/mol. The van der Waals surface area contributed by atoms with Gasteiger partial charge in [-0.3, -0.25) is 0 Å². The molecule has 2 rings (SSSR count). The highest BCUT2D eigenvalue weighted by atomic mass is 16.4. The van der Waals surface area contributed by atoms with Crippen LogP contribution in [0.2, 0.25) is 0 Å². The molecule has 0 spiro atoms. The van der Waals surface area contributed by atoms with Gasteiger partial charge in [0.25, 0.3) is 0 Å². The molecule has 0 aromatic rings. The van der Waals surface area contributed by atoms with E-state index in [0.717, 1.165) is 12.1 Å². The lowest BCUT2D eigenvalue weighted by molar-refractivity contribution is 0.332. The molecule has 12 heavy (non-hydrogen) atoms. The van der Waals surface area contributed by atoms with Crippen molar-refractivity contribution in [2.75, 3.05) is 7.11 Å². The van der Waals surface area contributed by atoms with Crippen LogP contribution in [0.5, 0.6) is 0 Å². The summed E-state index contributed by atoms with van der Waals surface area (Å²) in [6.07, 6.45) is 5.21. The van der Waals surface area contributed by atoms with Crippen LogP contribution in [0.15, 0.2) is 0 Å². The molecule has 2 bridgehead atoms. The first kappa shape index (κ1) is 8.54. The first-order valence-corrected chi connectivity index (χ1v) is 4.75. The molecule has 2 unspecified atom stereocenters. The Balaban J connectivity index is 1.78. The molecule has 0 aromatic carbocycles. The Bertz CT molecular complexity index is 144. The zero-order valence-electron chi connectivity index (χ0n) is 7.55. The largest absolute Gasteiger partial charge is 0.427 e. The molecule has 2 aliphatic heterocycles. The molecule has 2 heterocycles. The molecule has 0 saturated carbocycles. The molecule has 0 amide bonds. The lowest BCUT2D eigenvalue weighted by Gasteiger charge is -2.29. The first-order valence-electron chi connectivity index (χ1n) is 4.75. The highest BCUT2D eigenvalue weighted by molar-refractivity contribution is 6.23. The van der Waals surface area contributed by atoms with Gasteiger partial charge in [0.1, 0.15) is 0 Å². The van der Waals surface area contributed by atoms with Crippen molar-refractivity contribution < 1.29 is 4.65 Å². The van der Waals surface area contributed by atoms with Crippen molar-refractivity contribution in [1.82, 2.24) is 10.5 Å². The Kier molecular flexibility index (Phi) is 2.68. The van der Waals surface area contributed by atoms with Crippen molar-refractivity contribution >= 4 is 7.62 Å². The molecule has 0 aliphatic carbocycles. The third kappa shape index (κ3) is 1.81. The average Bonchev–Trinajstić information content (AvgIpc) is 2.42. The van der Waals surface area contributed by atoms with E-state index in [9.17, 15) is 0 Å². The SMILES string of the molecule is CO[B]NC1CC2CCC(C1)N2. The highest BCUT2D eigenvalue weighted by Gasteiger charge is 2.32. The maximum atomic E-state index is 4.88. The van der Waals surface area contributed by atoms with Gasteiger partial charge >= 0.3 is 7.62 Å². The van der Waals surface area contributed by atoms with Crippen LogP contribution in [0, 0.1) is 0 Å². The van der Waals surface area contributed by atoms with E-state index in [1.54, 1.807) is 14.7 Å². The van der Waals surface area contributed by atoms with E-state index in [1.807, 2.05) is 0 Å². The minimum absolute atomic E-state index is 0.628. The van der Waals surface area contributed by atoms with Crippen LogP contribution in [-0.4, -0.2) is 32.9 Å². The van der Waals surface area contributed by atoms with Crippen LogP contribution in [0.3, 0.4) is 0 Å². The monoisotopic (exact) mass is 167 g/mol. The Hall–Kier alpha value is -0.0551. The molecular weight excluding hydrogens is 151 g/mol. The van der Waals surface area contributed by atoms with E-state index >= 15 is 0 Å². The van der Waals surface area contributed by atoms with Crippen LogP contribution in [0.25, 0.3) is 0 Å². The minimum Gasteiger partial charge on any atom is -0.427 e. The summed E-state index contributed by atoms with van der Waals surface area (Å²) < 4.78 is 4.88. The van der Waals surface area contributed by atoms with Crippen molar-refractivity contribution in [3.8, 4) is 0 Å². The normalized spacial score (nSPS) is 39.9. The summed E-state index contributed by atoms with van der Waals surface area (Å²) in [5.74, 6) is 0. The fraction of sp³-hybridized carbons (Fsp3) is 1.00. The van der Waals surface area contributed by atoms with E-state index in [4.69, 9.17) is 4.65 Å². The number of fused-ring (bicyclic) bond motifs is 2. The van der Waals surface area contributed by atoms with Gasteiger partial charge in [-0.25, -0.2) is 0 Å². The van der Waals surface area contributed by atoms with Gasteiger partial charge in [-0.1, -0.05) is 0 Å². The summed E-state index contributed by atoms with van der Waals surface area (Å²) in [6, 6.07) is 2.14. The molecule has 0 aromatic heterocycles. The number of hydrogen-bond acceptors (Lipinski definition) is 3. The number of piperidine rings is 1. The molecule has 2 fully saturated rings. The first-order chi connectivity index (χ1) is 5.88. The second kappa shape index (κ2) is 3.77. The van der Waals surface area contributed by atoms with Gasteiger partial charge in [-0.05, 0) is 25.7 Å². The van der Waals surface area contributed by atoms with Crippen LogP contribution >= 0.6 is 0 Å². The predicted molar refractivity (Wildman–Crippen MR) is 48.9 cm³/mol. The van der Waals surface area contributed by atoms with E-state index in [-0.39, 0.29) is 0 Å². The topological polar surface area (TPSA) is 33.3 Å². The predicted octanol–water partition coefficient (Wildman–Crippen LogP) is 0.0396. The molecule has 4 heteroatoms. The van der Waals surface area contributed by atoms with Crippen LogP contribution in [0.4, 0.5) is 0 Å². The maximum Gasteiger partial charge on any atom is 0.395 e. The quantitative estimate of drug-likeness (QED) is 0.582. The lowest BCUT2D eigenvalue weighted by atomic mass is 9.97. The minimum atomic E-state index is 0.628. The number of hydrogen-bond donors (Lipinski definition) is 2. The van der Waals surface area contributed by atoms with Crippen LogP contribution in [-0.2, 0) is 4.65 Å². The summed E-state index contributed by atoms with van der Waals surface area (Å²) in [4.78, 5) is 0. The molecule has 67 valence electrons. The zero-order chi connectivity index (χ0) is 8.39. The summed E-state index contributed by atoms with van der Waals surface area (Å²) in [5, 5.41) is 6.89. The third-order valence-corrected chi connectivity index (χ3v) is 2.89. The molecular formula is C8H16BN2O. The van der Waals surface area contributed by atoms with Gasteiger partial charge in [-0.2, -0.15) is 0 Å². The summed E-state index contributed by atoms with van der Waals surface area (Å²) >= 11 is 0. The Morgan fingerprint density at radius 2 is 2.00 bits per heavy atom. The molecule has 2 aliphatic rings. The molecule has 1 radical (unpaired) electrons. The highest BCUT2D eigenvalue weighted by Crippen LogP contribution is 2.26. The summed E-state index contributed by atoms with van der Waals surface area (Å²) in [7, 11) is 3.39. The summed E-state index contributed by atoms with van der Waals surface area (Å²) in [6.45, 7) is 0. The smallest absolute Gasteiger partial charge is 0.395 e. The molecule has 2 atom stereocenters. The van der Waals surface area contributed by atoms with Crippen molar-refractivity contribution in [3.05, 3.63) is 0 Å². The van der Waals surface area contributed by atoms with Crippen molar-refractivity contribution in [1.29, 1.82) is 0 Å². The summed E-state index contributed by atoms with van der Waals surface area (Å²) in [5.41, 5.74) is 0. The van der Waals surface area contributed by atoms with Gasteiger partial charge < -0.3 is 15.2 Å². The van der Waals surface area contributed by atoms with Crippen molar-refractivity contribution in [3.63, 3.8) is 0 Å². The second-order valence-corrected chi connectivity index (χ2v) is 3.83. The Labute approximate surface area is 74.5 Å². The molecule has 2 saturated heterocycles. The van der Waals surface area contributed by atoms with Crippen LogP contribution in [0.1, 0.15) is 25.7 Å². The number of nitrogens with one attached hydrogen (secondary N) is 2. The lowest BCUT2D eigenvalue weighted by Crippen LogP contribution is -2.47. The van der Waals surface area contributed by atoms with Gasteiger partial charge in [0.05, 0.1) is 0 Å². The van der Waals surface area contributed by atoms with Crippen molar-refractivity contribution in [2.24, 2.45) is 0 Å². The van der Waals surface area contributed by atoms with Crippen molar-refractivity contribution in [2.45, 2.75) is 43.8 Å². The van der Waals surface area contributed by atoms with E-state index < -0.39 is 0 Å². The standard InChI is InChI=1S/C8H16BN2O/c1-12-9-11-8-4-6-2-3-7(5-8)10-6/h6-8,10-11H,2-5H2,1H3. The fourth-order valence-corrected chi connectivity index (χ4v) is 2.36. The Morgan fingerprint density at radius 3 is 2.58 bits per heavy atom. The van der Waals surface area contributed by atoms with E-state index in [2.05, 4.69) is 10.5 Å². The van der Waals surface area contributed by atoms with Gasteiger partial charge in [0.2, 0.25) is 0 Å². The fourth-order valence-electron chi connectivity index (χ4n) is 2.36. The van der Waals surface area contributed by atoms with Crippen LogP contribution < -0.4 is 10.5 Å². The van der Waals surface area contributed by atoms with Gasteiger partial charge in [-0.15, -0.1) is 0 Å². The van der Waals surface area contributed by atoms with Gasteiger partial charge in [0.15, 0.2) is 0 Å². The molecule has 2 N–H and O–H groups in total. The second-order valence-electron chi connectivity index (χ2n) is 3.83. The zero-order valence-corrected chi connectivity index (χ0v) is 7.55. The third-order valence-electron chi connectivity index (χ3n) is 2.89. The maximum absolute atomic E-state index is 4.88. The van der Waals surface area contributed by atoms with E-state index in [1.165, 1.54) is 25.7 Å². The van der Waals surface area contributed by atoms with E-state index in [0.29, 0.717) is 6.04 Å². The number of rotatable bonds is 3. The Morgan fingerprint density at radius 1 is 1.33 bits per heavy atom. The van der Waals surface area contributed by atoms with Gasteiger partial charge in [0, 0.05) is 25.2 Å². The molecule has 3 nitrogen and oxygen atoms in total.